The molecule has 2 aromatic heterocycles. The van der Waals surface area contributed by atoms with Crippen molar-refractivity contribution in [3.63, 3.8) is 0 Å². The van der Waals surface area contributed by atoms with E-state index in [0.717, 1.165) is 6.42 Å². The molecule has 3 aromatic rings. The number of hydrogen-bond acceptors (Lipinski definition) is 7. The molecule has 0 atom stereocenters. The quantitative estimate of drug-likeness (QED) is 0.433. The number of anilines is 1. The second-order valence-electron chi connectivity index (χ2n) is 8.30. The fraction of sp³-hybridized carbons (Fsp3) is 0.440. The first-order valence-corrected chi connectivity index (χ1v) is 12.6. The summed E-state index contributed by atoms with van der Waals surface area (Å²) in [4.78, 5) is 38.8. The zero-order valence-corrected chi connectivity index (χ0v) is 20.3. The van der Waals surface area contributed by atoms with Gasteiger partial charge in [0.05, 0.1) is 24.3 Å². The Hall–Kier alpha value is -3.20. The van der Waals surface area contributed by atoms with Crippen molar-refractivity contribution in [1.29, 1.82) is 0 Å². The second kappa shape index (κ2) is 10.8. The van der Waals surface area contributed by atoms with Gasteiger partial charge in [-0.2, -0.15) is 9.78 Å². The van der Waals surface area contributed by atoms with Crippen LogP contribution in [-0.2, 0) is 9.53 Å². The van der Waals surface area contributed by atoms with Crippen LogP contribution in [0, 0.1) is 5.92 Å². The van der Waals surface area contributed by atoms with E-state index < -0.39 is 11.5 Å². The molecule has 8 nitrogen and oxygen atoms in total. The third-order valence-corrected chi connectivity index (χ3v) is 6.92. The Morgan fingerprint density at radius 3 is 2.56 bits per heavy atom. The average molecular weight is 484 g/mol. The summed E-state index contributed by atoms with van der Waals surface area (Å²) < 4.78 is 11.8. The Morgan fingerprint density at radius 2 is 1.88 bits per heavy atom. The monoisotopic (exact) mass is 483 g/mol. The zero-order valence-electron chi connectivity index (χ0n) is 19.5. The van der Waals surface area contributed by atoms with Gasteiger partial charge < -0.3 is 14.8 Å². The topological polar surface area (TPSA) is 99.5 Å². The summed E-state index contributed by atoms with van der Waals surface area (Å²) >= 11 is 1.21. The standard InChI is InChI=1S/C25H29N3O5S/c1-3-32-18-12-10-17(11-13-18)28-24(30)21-19(22(27-28)25(31)33-4-2)15-34-23(21)26-20(29)14-9-16-7-5-6-8-16/h10-13,15-16H,3-9,14H2,1-2H3,(H,26,29). The maximum Gasteiger partial charge on any atom is 0.359 e. The maximum absolute atomic E-state index is 13.5. The van der Waals surface area contributed by atoms with Crippen LogP contribution in [-0.4, -0.2) is 34.9 Å². The maximum atomic E-state index is 13.5. The number of nitrogens with zero attached hydrogens (tertiary/aromatic N) is 2. The van der Waals surface area contributed by atoms with Crippen LogP contribution < -0.4 is 15.6 Å². The van der Waals surface area contributed by atoms with Crippen molar-refractivity contribution in [3.8, 4) is 11.4 Å². The lowest BCUT2D eigenvalue weighted by Gasteiger charge is -2.11. The van der Waals surface area contributed by atoms with Gasteiger partial charge in [-0.1, -0.05) is 25.7 Å². The van der Waals surface area contributed by atoms with E-state index in [-0.39, 0.29) is 23.6 Å². The molecule has 1 fully saturated rings. The van der Waals surface area contributed by atoms with Crippen LogP contribution in [0.25, 0.3) is 16.5 Å². The molecule has 0 spiro atoms. The molecule has 0 saturated heterocycles. The predicted molar refractivity (Wildman–Crippen MR) is 132 cm³/mol. The largest absolute Gasteiger partial charge is 0.494 e. The summed E-state index contributed by atoms with van der Waals surface area (Å²) in [6.45, 7) is 4.30. The first-order valence-electron chi connectivity index (χ1n) is 11.8. The van der Waals surface area contributed by atoms with Crippen LogP contribution in [0.3, 0.4) is 0 Å². The van der Waals surface area contributed by atoms with Crippen molar-refractivity contribution in [2.75, 3.05) is 18.5 Å². The molecule has 2 heterocycles. The number of benzene rings is 1. The number of ether oxygens (including phenoxy) is 2. The van der Waals surface area contributed by atoms with Gasteiger partial charge in [0.2, 0.25) is 5.91 Å². The van der Waals surface area contributed by atoms with Gasteiger partial charge in [0.1, 0.15) is 10.8 Å². The van der Waals surface area contributed by atoms with Crippen molar-refractivity contribution in [1.82, 2.24) is 9.78 Å². The average Bonchev–Trinajstić information content (AvgIpc) is 3.50. The number of carbonyl (C=O) groups excluding carboxylic acids is 2. The van der Waals surface area contributed by atoms with Gasteiger partial charge >= 0.3 is 5.97 Å². The fourth-order valence-electron chi connectivity index (χ4n) is 4.34. The highest BCUT2D eigenvalue weighted by Gasteiger charge is 2.23. The number of carbonyl (C=O) groups is 2. The van der Waals surface area contributed by atoms with Crippen LogP contribution in [0.4, 0.5) is 5.00 Å². The summed E-state index contributed by atoms with van der Waals surface area (Å²) in [6.07, 6.45) is 6.08. The third-order valence-electron chi connectivity index (χ3n) is 6.02. The Morgan fingerprint density at radius 1 is 1.15 bits per heavy atom. The van der Waals surface area contributed by atoms with E-state index in [0.29, 0.717) is 40.8 Å². The molecule has 0 bridgehead atoms. The van der Waals surface area contributed by atoms with E-state index in [9.17, 15) is 14.4 Å². The van der Waals surface area contributed by atoms with E-state index in [1.54, 1.807) is 36.6 Å². The van der Waals surface area contributed by atoms with E-state index in [4.69, 9.17) is 9.47 Å². The van der Waals surface area contributed by atoms with Crippen LogP contribution in [0.2, 0.25) is 0 Å². The third kappa shape index (κ3) is 5.14. The molecule has 9 heteroatoms. The molecular weight excluding hydrogens is 454 g/mol. The summed E-state index contributed by atoms with van der Waals surface area (Å²) in [5.41, 5.74) is 0.0956. The smallest absolute Gasteiger partial charge is 0.359 e. The lowest BCUT2D eigenvalue weighted by Crippen LogP contribution is -2.25. The molecule has 0 unspecified atom stereocenters. The van der Waals surface area contributed by atoms with Gasteiger partial charge in [0.15, 0.2) is 5.69 Å². The molecule has 180 valence electrons. The van der Waals surface area contributed by atoms with E-state index in [2.05, 4.69) is 10.4 Å². The summed E-state index contributed by atoms with van der Waals surface area (Å²) in [6, 6.07) is 6.87. The minimum Gasteiger partial charge on any atom is -0.494 e. The van der Waals surface area contributed by atoms with Gasteiger partial charge in [-0.3, -0.25) is 9.59 Å². The van der Waals surface area contributed by atoms with Crippen LogP contribution in [0.5, 0.6) is 5.75 Å². The Kier molecular flexibility index (Phi) is 7.62. The molecule has 0 aliphatic heterocycles. The highest BCUT2D eigenvalue weighted by atomic mass is 32.1. The van der Waals surface area contributed by atoms with Crippen LogP contribution in [0.15, 0.2) is 34.4 Å². The van der Waals surface area contributed by atoms with Crippen molar-refractivity contribution in [3.05, 3.63) is 45.7 Å². The van der Waals surface area contributed by atoms with Gasteiger partial charge in [0, 0.05) is 17.2 Å². The van der Waals surface area contributed by atoms with E-state index >= 15 is 0 Å². The number of fused-ring (bicyclic) bond motifs is 1. The molecule has 34 heavy (non-hydrogen) atoms. The minimum absolute atomic E-state index is 0.0352. The molecule has 1 saturated carbocycles. The van der Waals surface area contributed by atoms with Crippen molar-refractivity contribution < 1.29 is 19.1 Å². The lowest BCUT2D eigenvalue weighted by atomic mass is 10.0. The van der Waals surface area contributed by atoms with Gasteiger partial charge in [-0.25, -0.2) is 4.79 Å². The molecule has 1 aliphatic carbocycles. The number of esters is 1. The van der Waals surface area contributed by atoms with E-state index in [1.807, 2.05) is 6.92 Å². The summed E-state index contributed by atoms with van der Waals surface area (Å²) in [5, 5.41) is 9.95. The van der Waals surface area contributed by atoms with Crippen molar-refractivity contribution in [2.24, 2.45) is 5.92 Å². The number of thiophene rings is 1. The number of aromatic nitrogens is 2. The number of nitrogens with one attached hydrogen (secondary N) is 1. The predicted octanol–water partition coefficient (Wildman–Crippen LogP) is 4.93. The molecule has 1 amide bonds. The van der Waals surface area contributed by atoms with Crippen molar-refractivity contribution in [2.45, 2.75) is 52.4 Å². The Bertz CT molecular complexity index is 1230. The van der Waals surface area contributed by atoms with Gasteiger partial charge in [-0.05, 0) is 50.5 Å². The molecular formula is C25H29N3O5S. The van der Waals surface area contributed by atoms with Gasteiger partial charge in [-0.15, -0.1) is 11.3 Å². The number of amides is 1. The number of rotatable bonds is 9. The van der Waals surface area contributed by atoms with Crippen LogP contribution in [0.1, 0.15) is 62.9 Å². The fourth-order valence-corrected chi connectivity index (χ4v) is 5.29. The Labute approximate surface area is 201 Å². The van der Waals surface area contributed by atoms with Crippen LogP contribution >= 0.6 is 11.3 Å². The minimum atomic E-state index is -0.621. The second-order valence-corrected chi connectivity index (χ2v) is 9.18. The SMILES string of the molecule is CCOC(=O)c1nn(-c2ccc(OCC)cc2)c(=O)c2c(NC(=O)CCC3CCCC3)scc12. The molecule has 1 aromatic carbocycles. The molecule has 4 rings (SSSR count). The van der Waals surface area contributed by atoms with Gasteiger partial charge in [0.25, 0.3) is 5.56 Å². The summed E-state index contributed by atoms with van der Waals surface area (Å²) in [7, 11) is 0. The zero-order chi connectivity index (χ0) is 24.1. The van der Waals surface area contributed by atoms with Crippen molar-refractivity contribution >= 4 is 39.0 Å². The molecule has 1 aliphatic rings. The highest BCUT2D eigenvalue weighted by molar-refractivity contribution is 7.16. The number of hydrogen-bond donors (Lipinski definition) is 1. The van der Waals surface area contributed by atoms with E-state index in [1.165, 1.54) is 41.7 Å². The first-order chi connectivity index (χ1) is 16.5. The highest BCUT2D eigenvalue weighted by Crippen LogP contribution is 2.32. The Balaban J connectivity index is 1.71. The molecule has 1 N–H and O–H groups in total. The summed E-state index contributed by atoms with van der Waals surface area (Å²) in [5.74, 6) is 0.514. The normalized spacial score (nSPS) is 13.8. The first kappa shape index (κ1) is 23.9. The molecule has 0 radical (unpaired) electrons. The lowest BCUT2D eigenvalue weighted by molar-refractivity contribution is -0.116.